The van der Waals surface area contributed by atoms with Gasteiger partial charge >= 0.3 is 0 Å². The second-order valence-electron chi connectivity index (χ2n) is 9.96. The second-order valence-corrected chi connectivity index (χ2v) is 9.96. The zero-order chi connectivity index (χ0) is 24.1. The van der Waals surface area contributed by atoms with E-state index < -0.39 is 0 Å². The third kappa shape index (κ3) is 6.17. The molecule has 0 spiro atoms. The van der Waals surface area contributed by atoms with Crippen molar-refractivity contribution in [1.29, 1.82) is 0 Å². The molecule has 1 saturated heterocycles. The Hall–Kier alpha value is -2.86. The summed E-state index contributed by atoms with van der Waals surface area (Å²) in [7, 11) is 0. The first-order chi connectivity index (χ1) is 16.4. The van der Waals surface area contributed by atoms with Crippen LogP contribution in [0.25, 0.3) is 11.1 Å². The molecule has 1 aliphatic carbocycles. The smallest absolute Gasteiger partial charge is 0.225 e. The number of carbonyl (C=O) groups excluding carboxylic acids is 2. The van der Waals surface area contributed by atoms with Crippen LogP contribution in [-0.2, 0) is 16.1 Å². The highest BCUT2D eigenvalue weighted by molar-refractivity contribution is 5.94. The van der Waals surface area contributed by atoms with E-state index in [1.54, 1.807) is 6.92 Å². The first-order valence-corrected chi connectivity index (χ1v) is 12.7. The number of benzene rings is 2. The van der Waals surface area contributed by atoms with Gasteiger partial charge in [-0.25, -0.2) is 0 Å². The van der Waals surface area contributed by atoms with Crippen LogP contribution in [0.1, 0.15) is 51.5 Å². The molecule has 3 N–H and O–H groups in total. The van der Waals surface area contributed by atoms with Gasteiger partial charge in [-0.3, -0.25) is 9.59 Å². The van der Waals surface area contributed by atoms with Crippen molar-refractivity contribution in [3.05, 3.63) is 48.0 Å². The molecule has 0 radical (unpaired) electrons. The van der Waals surface area contributed by atoms with E-state index in [4.69, 9.17) is 5.73 Å². The predicted molar refractivity (Wildman–Crippen MR) is 139 cm³/mol. The van der Waals surface area contributed by atoms with Gasteiger partial charge in [0.2, 0.25) is 11.8 Å². The number of amides is 2. The first kappa shape index (κ1) is 24.3. The lowest BCUT2D eigenvalue weighted by molar-refractivity contribution is -0.133. The van der Waals surface area contributed by atoms with E-state index in [0.717, 1.165) is 66.3 Å². The summed E-state index contributed by atoms with van der Waals surface area (Å²) in [6.45, 7) is 7.77. The molecule has 6 heteroatoms. The molecule has 2 amide bonds. The van der Waals surface area contributed by atoms with Crippen molar-refractivity contribution in [3.8, 4) is 11.1 Å². The predicted octanol–water partition coefficient (Wildman–Crippen LogP) is 4.64. The SMILES string of the molecule is CC(=O)Nc1cc(-c2cccc(CN(CCCN)C(=O)C3CC3)c2)ccc1N1CCC(C)CC1. The number of nitrogens with one attached hydrogen (secondary N) is 1. The maximum Gasteiger partial charge on any atom is 0.225 e. The molecule has 4 rings (SSSR count). The Kier molecular flexibility index (Phi) is 7.88. The number of hydrogen-bond donors (Lipinski definition) is 2. The maximum atomic E-state index is 12.8. The third-order valence-electron chi connectivity index (χ3n) is 6.94. The lowest BCUT2D eigenvalue weighted by Gasteiger charge is -2.33. The molecule has 6 nitrogen and oxygen atoms in total. The van der Waals surface area contributed by atoms with Crippen molar-refractivity contribution in [2.75, 3.05) is 36.4 Å². The molecule has 0 bridgehead atoms. The van der Waals surface area contributed by atoms with Crippen LogP contribution >= 0.6 is 0 Å². The maximum absolute atomic E-state index is 12.8. The molecule has 2 aromatic carbocycles. The summed E-state index contributed by atoms with van der Waals surface area (Å²) < 4.78 is 0. The van der Waals surface area contributed by atoms with Crippen molar-refractivity contribution in [2.24, 2.45) is 17.6 Å². The van der Waals surface area contributed by atoms with Gasteiger partial charge in [0.05, 0.1) is 11.4 Å². The molecule has 34 heavy (non-hydrogen) atoms. The van der Waals surface area contributed by atoms with Gasteiger partial charge in [-0.2, -0.15) is 0 Å². The Morgan fingerprint density at radius 1 is 1.06 bits per heavy atom. The number of hydrogen-bond acceptors (Lipinski definition) is 4. The first-order valence-electron chi connectivity index (χ1n) is 12.7. The van der Waals surface area contributed by atoms with Gasteiger partial charge < -0.3 is 20.9 Å². The Labute approximate surface area is 203 Å². The van der Waals surface area contributed by atoms with Crippen molar-refractivity contribution in [3.63, 3.8) is 0 Å². The fraction of sp³-hybridized carbons (Fsp3) is 0.500. The van der Waals surface area contributed by atoms with Crippen molar-refractivity contribution in [1.82, 2.24) is 4.90 Å². The van der Waals surface area contributed by atoms with Crippen molar-refractivity contribution < 1.29 is 9.59 Å². The molecule has 2 fully saturated rings. The molecule has 0 atom stereocenters. The summed E-state index contributed by atoms with van der Waals surface area (Å²) in [6, 6.07) is 14.7. The molecule has 1 aliphatic heterocycles. The van der Waals surface area contributed by atoms with E-state index in [2.05, 4.69) is 53.5 Å². The van der Waals surface area contributed by atoms with Crippen LogP contribution in [-0.4, -0.2) is 42.9 Å². The average Bonchev–Trinajstić information content (AvgIpc) is 3.67. The van der Waals surface area contributed by atoms with E-state index >= 15 is 0 Å². The standard InChI is InChI=1S/C28H38N4O2/c1-20-11-15-31(16-12-20)27-10-9-25(18-26(27)30-21(2)33)24-6-3-5-22(17-24)19-32(14-4-13-29)28(34)23-7-8-23/h3,5-6,9-10,17-18,20,23H,4,7-8,11-16,19,29H2,1-2H3,(H,30,33). The number of carbonyl (C=O) groups is 2. The van der Waals surface area contributed by atoms with Crippen molar-refractivity contribution >= 4 is 23.2 Å². The van der Waals surface area contributed by atoms with Crippen LogP contribution in [0.5, 0.6) is 0 Å². The van der Waals surface area contributed by atoms with Crippen LogP contribution in [0.4, 0.5) is 11.4 Å². The number of anilines is 2. The summed E-state index contributed by atoms with van der Waals surface area (Å²) in [6.07, 6.45) is 5.17. The zero-order valence-corrected chi connectivity index (χ0v) is 20.6. The van der Waals surface area contributed by atoms with Crippen LogP contribution in [0.3, 0.4) is 0 Å². The quantitative estimate of drug-likeness (QED) is 0.569. The van der Waals surface area contributed by atoms with Crippen molar-refractivity contribution in [2.45, 2.75) is 52.5 Å². The van der Waals surface area contributed by atoms with E-state index in [0.29, 0.717) is 19.6 Å². The zero-order valence-electron chi connectivity index (χ0n) is 20.6. The van der Waals surface area contributed by atoms with Gasteiger partial charge in [-0.05, 0) is 79.5 Å². The highest BCUT2D eigenvalue weighted by Gasteiger charge is 2.33. The van der Waals surface area contributed by atoms with Gasteiger partial charge in [-0.1, -0.05) is 31.2 Å². The number of nitrogens with zero attached hydrogens (tertiary/aromatic N) is 2. The van der Waals surface area contributed by atoms with Crippen LogP contribution < -0.4 is 16.0 Å². The molecule has 182 valence electrons. The minimum absolute atomic E-state index is 0.0633. The molecular weight excluding hydrogens is 424 g/mol. The van der Waals surface area contributed by atoms with Crippen LogP contribution in [0.2, 0.25) is 0 Å². The fourth-order valence-electron chi connectivity index (χ4n) is 4.74. The van der Waals surface area contributed by atoms with Gasteiger partial charge in [0.1, 0.15) is 0 Å². The minimum Gasteiger partial charge on any atom is -0.370 e. The molecule has 0 aromatic heterocycles. The Morgan fingerprint density at radius 2 is 1.79 bits per heavy atom. The fourth-order valence-corrected chi connectivity index (χ4v) is 4.74. The normalized spacial score (nSPS) is 16.4. The van der Waals surface area contributed by atoms with E-state index in [1.807, 2.05) is 11.0 Å². The molecule has 2 aromatic rings. The van der Waals surface area contributed by atoms with E-state index in [1.165, 1.54) is 12.8 Å². The number of rotatable bonds is 9. The number of nitrogens with two attached hydrogens (primary N) is 1. The Bertz CT molecular complexity index is 1010. The van der Waals surface area contributed by atoms with Gasteiger partial charge in [0.15, 0.2) is 0 Å². The summed E-state index contributed by atoms with van der Waals surface area (Å²) in [5.74, 6) is 1.14. The molecular formula is C28H38N4O2. The lowest BCUT2D eigenvalue weighted by atomic mass is 9.97. The molecule has 0 unspecified atom stereocenters. The van der Waals surface area contributed by atoms with E-state index in [9.17, 15) is 9.59 Å². The summed E-state index contributed by atoms with van der Waals surface area (Å²) in [4.78, 5) is 29.1. The van der Waals surface area contributed by atoms with Gasteiger partial charge in [-0.15, -0.1) is 0 Å². The third-order valence-corrected chi connectivity index (χ3v) is 6.94. The largest absolute Gasteiger partial charge is 0.370 e. The highest BCUT2D eigenvalue weighted by atomic mass is 16.2. The van der Waals surface area contributed by atoms with Gasteiger partial charge in [0.25, 0.3) is 0 Å². The number of piperidine rings is 1. The monoisotopic (exact) mass is 462 g/mol. The van der Waals surface area contributed by atoms with Gasteiger partial charge in [0, 0.05) is 39.0 Å². The minimum atomic E-state index is -0.0633. The summed E-state index contributed by atoms with van der Waals surface area (Å²) in [5, 5.41) is 3.05. The average molecular weight is 463 g/mol. The summed E-state index contributed by atoms with van der Waals surface area (Å²) in [5.41, 5.74) is 10.9. The van der Waals surface area contributed by atoms with Crippen LogP contribution in [0, 0.1) is 11.8 Å². The van der Waals surface area contributed by atoms with Crippen LogP contribution in [0.15, 0.2) is 42.5 Å². The Morgan fingerprint density at radius 3 is 2.47 bits per heavy atom. The molecule has 2 aliphatic rings. The summed E-state index contributed by atoms with van der Waals surface area (Å²) >= 11 is 0. The topological polar surface area (TPSA) is 78.7 Å². The molecule has 1 heterocycles. The molecule has 1 saturated carbocycles. The lowest BCUT2D eigenvalue weighted by Crippen LogP contribution is -2.33. The second kappa shape index (κ2) is 11.0. The highest BCUT2D eigenvalue weighted by Crippen LogP contribution is 2.35. The van der Waals surface area contributed by atoms with E-state index in [-0.39, 0.29) is 17.7 Å². The Balaban J connectivity index is 1.56.